The normalized spacial score (nSPS) is 14.5. The molecular formula is C18H15ClFN3O. The van der Waals surface area contributed by atoms with Crippen LogP contribution < -0.4 is 0 Å². The van der Waals surface area contributed by atoms with E-state index in [0.29, 0.717) is 23.8 Å². The third-order valence-electron chi connectivity index (χ3n) is 4.43. The average molecular weight is 344 g/mol. The Hall–Kier alpha value is -2.40. The van der Waals surface area contributed by atoms with Gasteiger partial charge in [0, 0.05) is 19.3 Å². The second-order valence-electron chi connectivity index (χ2n) is 5.89. The molecular weight excluding hydrogens is 329 g/mol. The van der Waals surface area contributed by atoms with Crippen LogP contribution in [0.25, 0.3) is 5.65 Å². The highest BCUT2D eigenvalue weighted by molar-refractivity contribution is 6.30. The minimum absolute atomic E-state index is 0.150. The van der Waals surface area contributed by atoms with E-state index < -0.39 is 5.95 Å². The van der Waals surface area contributed by atoms with Crippen LogP contribution in [0.4, 0.5) is 4.39 Å². The second kappa shape index (κ2) is 5.91. The predicted octanol–water partition coefficient (Wildman–Crippen LogP) is 3.37. The highest BCUT2D eigenvalue weighted by atomic mass is 35.5. The number of fused-ring (bicyclic) bond motifs is 2. The SMILES string of the molecule is O=C(c1nc2ccc(Cl)cn2c1F)N1CCc2ccccc2CC1. The number of amides is 1. The van der Waals surface area contributed by atoms with Gasteiger partial charge in [-0.1, -0.05) is 35.9 Å². The summed E-state index contributed by atoms with van der Waals surface area (Å²) in [6.45, 7) is 1.12. The van der Waals surface area contributed by atoms with Crippen LogP contribution in [0.3, 0.4) is 0 Å². The van der Waals surface area contributed by atoms with Crippen molar-refractivity contribution < 1.29 is 9.18 Å². The lowest BCUT2D eigenvalue weighted by molar-refractivity contribution is 0.0752. The van der Waals surface area contributed by atoms with Gasteiger partial charge in [-0.15, -0.1) is 0 Å². The molecule has 0 bridgehead atoms. The summed E-state index contributed by atoms with van der Waals surface area (Å²) in [7, 11) is 0. The van der Waals surface area contributed by atoms with E-state index in [4.69, 9.17) is 11.6 Å². The van der Waals surface area contributed by atoms with E-state index in [1.807, 2.05) is 12.1 Å². The van der Waals surface area contributed by atoms with Gasteiger partial charge in [-0.3, -0.25) is 9.20 Å². The van der Waals surface area contributed by atoms with Gasteiger partial charge in [0.25, 0.3) is 5.91 Å². The minimum atomic E-state index is -0.667. The first-order valence-electron chi connectivity index (χ1n) is 7.82. The zero-order valence-electron chi connectivity index (χ0n) is 12.9. The van der Waals surface area contributed by atoms with Crippen molar-refractivity contribution in [1.82, 2.24) is 14.3 Å². The van der Waals surface area contributed by atoms with Gasteiger partial charge in [-0.25, -0.2) is 4.98 Å². The van der Waals surface area contributed by atoms with Crippen LogP contribution in [0.2, 0.25) is 5.02 Å². The second-order valence-corrected chi connectivity index (χ2v) is 6.32. The van der Waals surface area contributed by atoms with Crippen molar-refractivity contribution >= 4 is 23.2 Å². The van der Waals surface area contributed by atoms with Gasteiger partial charge in [0.05, 0.1) is 5.02 Å². The summed E-state index contributed by atoms with van der Waals surface area (Å²) in [5.74, 6) is -1.04. The van der Waals surface area contributed by atoms with Crippen molar-refractivity contribution in [3.05, 3.63) is 70.4 Å². The number of hydrogen-bond donors (Lipinski definition) is 0. The third kappa shape index (κ3) is 2.55. The number of carbonyl (C=O) groups is 1. The number of carbonyl (C=O) groups excluding carboxylic acids is 1. The molecule has 1 aliphatic heterocycles. The quantitative estimate of drug-likeness (QED) is 0.679. The fourth-order valence-electron chi connectivity index (χ4n) is 3.15. The van der Waals surface area contributed by atoms with Gasteiger partial charge in [0.2, 0.25) is 5.95 Å². The number of benzene rings is 1. The fourth-order valence-corrected chi connectivity index (χ4v) is 3.31. The van der Waals surface area contributed by atoms with E-state index in [1.165, 1.54) is 21.7 Å². The lowest BCUT2D eigenvalue weighted by Gasteiger charge is -2.18. The summed E-state index contributed by atoms with van der Waals surface area (Å²) >= 11 is 5.89. The maximum atomic E-state index is 14.6. The van der Waals surface area contributed by atoms with Gasteiger partial charge >= 0.3 is 0 Å². The van der Waals surface area contributed by atoms with Crippen LogP contribution in [0, 0.1) is 5.95 Å². The summed E-state index contributed by atoms with van der Waals surface area (Å²) in [5, 5.41) is 0.392. The molecule has 0 saturated heterocycles. The number of halogens is 2. The smallest absolute Gasteiger partial charge is 0.277 e. The van der Waals surface area contributed by atoms with Gasteiger partial charge in [-0.05, 0) is 36.1 Å². The minimum Gasteiger partial charge on any atom is -0.336 e. The first-order chi connectivity index (χ1) is 11.6. The van der Waals surface area contributed by atoms with E-state index in [-0.39, 0.29) is 11.6 Å². The van der Waals surface area contributed by atoms with Crippen molar-refractivity contribution in [1.29, 1.82) is 0 Å². The molecule has 0 N–H and O–H groups in total. The van der Waals surface area contributed by atoms with Gasteiger partial charge in [0.1, 0.15) is 5.65 Å². The van der Waals surface area contributed by atoms with Crippen molar-refractivity contribution in [2.45, 2.75) is 12.8 Å². The van der Waals surface area contributed by atoms with Crippen LogP contribution in [0.1, 0.15) is 21.6 Å². The number of nitrogens with zero attached hydrogens (tertiary/aromatic N) is 3. The largest absolute Gasteiger partial charge is 0.336 e. The first kappa shape index (κ1) is 15.1. The van der Waals surface area contributed by atoms with E-state index in [9.17, 15) is 9.18 Å². The van der Waals surface area contributed by atoms with Gasteiger partial charge in [0.15, 0.2) is 5.69 Å². The molecule has 1 amide bonds. The number of rotatable bonds is 1. The number of pyridine rings is 1. The third-order valence-corrected chi connectivity index (χ3v) is 4.66. The van der Waals surface area contributed by atoms with Crippen molar-refractivity contribution in [3.8, 4) is 0 Å². The summed E-state index contributed by atoms with van der Waals surface area (Å²) in [6, 6.07) is 11.4. The maximum Gasteiger partial charge on any atom is 0.277 e. The van der Waals surface area contributed by atoms with Crippen molar-refractivity contribution in [3.63, 3.8) is 0 Å². The Morgan fingerprint density at radius 2 is 1.75 bits per heavy atom. The molecule has 4 nitrogen and oxygen atoms in total. The average Bonchev–Trinajstić information content (AvgIpc) is 2.79. The Morgan fingerprint density at radius 1 is 1.08 bits per heavy atom. The van der Waals surface area contributed by atoms with E-state index >= 15 is 0 Å². The molecule has 0 unspecified atom stereocenters. The lowest BCUT2D eigenvalue weighted by Crippen LogP contribution is -2.34. The standard InChI is InChI=1S/C18H15ClFN3O/c19-14-5-6-15-21-16(17(20)23(15)11-14)18(24)22-9-7-12-3-1-2-4-13(12)8-10-22/h1-6,11H,7-10H2. The fraction of sp³-hybridized carbons (Fsp3) is 0.222. The van der Waals surface area contributed by atoms with Crippen LogP contribution in [0.15, 0.2) is 42.6 Å². The van der Waals surface area contributed by atoms with Crippen LogP contribution in [-0.4, -0.2) is 33.3 Å². The molecule has 3 aromatic rings. The Kier molecular flexibility index (Phi) is 3.73. The van der Waals surface area contributed by atoms with E-state index in [0.717, 1.165) is 12.8 Å². The van der Waals surface area contributed by atoms with Gasteiger partial charge < -0.3 is 4.90 Å². The first-order valence-corrected chi connectivity index (χ1v) is 8.20. The summed E-state index contributed by atoms with van der Waals surface area (Å²) < 4.78 is 15.8. The molecule has 0 radical (unpaired) electrons. The van der Waals surface area contributed by atoms with Crippen molar-refractivity contribution in [2.24, 2.45) is 0 Å². The molecule has 2 aromatic heterocycles. The summed E-state index contributed by atoms with van der Waals surface area (Å²) in [6.07, 6.45) is 2.96. The molecule has 0 saturated carbocycles. The number of aromatic nitrogens is 2. The van der Waals surface area contributed by atoms with Crippen LogP contribution in [-0.2, 0) is 12.8 Å². The molecule has 1 aromatic carbocycles. The predicted molar refractivity (Wildman–Crippen MR) is 89.9 cm³/mol. The maximum absolute atomic E-state index is 14.6. The molecule has 24 heavy (non-hydrogen) atoms. The topological polar surface area (TPSA) is 37.6 Å². The molecule has 0 atom stereocenters. The molecule has 0 spiro atoms. The van der Waals surface area contributed by atoms with Crippen molar-refractivity contribution in [2.75, 3.05) is 13.1 Å². The molecule has 0 aliphatic carbocycles. The van der Waals surface area contributed by atoms with Gasteiger partial charge in [-0.2, -0.15) is 4.39 Å². The monoisotopic (exact) mass is 343 g/mol. The Labute approximate surface area is 143 Å². The van der Waals surface area contributed by atoms with Crippen LogP contribution in [0.5, 0.6) is 0 Å². The Morgan fingerprint density at radius 3 is 2.42 bits per heavy atom. The number of hydrogen-bond acceptors (Lipinski definition) is 2. The number of imidazole rings is 1. The molecule has 1 aliphatic rings. The van der Waals surface area contributed by atoms with E-state index in [1.54, 1.807) is 17.0 Å². The molecule has 6 heteroatoms. The lowest BCUT2D eigenvalue weighted by atomic mass is 10.0. The molecule has 4 rings (SSSR count). The zero-order chi connectivity index (χ0) is 16.7. The van der Waals surface area contributed by atoms with Crippen LogP contribution >= 0.6 is 11.6 Å². The zero-order valence-corrected chi connectivity index (χ0v) is 13.6. The highest BCUT2D eigenvalue weighted by Gasteiger charge is 2.26. The molecule has 122 valence electrons. The molecule has 0 fully saturated rings. The summed E-state index contributed by atoms with van der Waals surface area (Å²) in [4.78, 5) is 18.6. The van der Waals surface area contributed by atoms with E-state index in [2.05, 4.69) is 17.1 Å². The Bertz CT molecular complexity index is 910. The molecule has 3 heterocycles. The highest BCUT2D eigenvalue weighted by Crippen LogP contribution is 2.20. The Balaban J connectivity index is 1.64. The summed E-state index contributed by atoms with van der Waals surface area (Å²) in [5.41, 5.74) is 2.71.